The Labute approximate surface area is 174 Å². The molecule has 0 radical (unpaired) electrons. The van der Waals surface area contributed by atoms with Gasteiger partial charge in [-0.1, -0.05) is 18.2 Å². The predicted octanol–water partition coefficient (Wildman–Crippen LogP) is 2.11. The molecule has 2 aromatic rings. The zero-order valence-electron chi connectivity index (χ0n) is 16.1. The number of hydrogen-bond acceptors (Lipinski definition) is 9. The average molecular weight is 428 g/mol. The van der Waals surface area contributed by atoms with Crippen molar-refractivity contribution in [3.8, 4) is 0 Å². The van der Waals surface area contributed by atoms with E-state index < -0.39 is 33.9 Å². The van der Waals surface area contributed by atoms with E-state index in [1.165, 1.54) is 36.4 Å². The first-order chi connectivity index (χ1) is 14.7. The second-order valence-electron chi connectivity index (χ2n) is 6.49. The Morgan fingerprint density at radius 1 is 1.13 bits per heavy atom. The smallest absolute Gasteiger partial charge is 0.354 e. The molecule has 3 rings (SSSR count). The first kappa shape index (κ1) is 21.5. The van der Waals surface area contributed by atoms with Crippen molar-refractivity contribution in [3.05, 3.63) is 79.9 Å². The maximum absolute atomic E-state index is 13.1. The average Bonchev–Trinajstić information content (AvgIpc) is 3.12. The Bertz CT molecular complexity index is 1120. The van der Waals surface area contributed by atoms with E-state index in [0.717, 1.165) is 12.1 Å². The van der Waals surface area contributed by atoms with Crippen LogP contribution >= 0.6 is 0 Å². The van der Waals surface area contributed by atoms with Gasteiger partial charge in [0.05, 0.1) is 22.9 Å². The van der Waals surface area contributed by atoms with Crippen molar-refractivity contribution in [3.63, 3.8) is 0 Å². The van der Waals surface area contributed by atoms with Gasteiger partial charge in [0, 0.05) is 35.4 Å². The number of rotatable bonds is 6. The molecule has 1 aliphatic rings. The minimum absolute atomic E-state index is 0.0198. The number of carbonyl (C=O) groups excluding carboxylic acids is 2. The summed E-state index contributed by atoms with van der Waals surface area (Å²) in [5.41, 5.74) is -3.49. The fourth-order valence-corrected chi connectivity index (χ4v) is 3.06. The van der Waals surface area contributed by atoms with Crippen molar-refractivity contribution in [1.82, 2.24) is 5.01 Å². The van der Waals surface area contributed by atoms with Gasteiger partial charge in [-0.2, -0.15) is 10.1 Å². The zero-order valence-corrected chi connectivity index (χ0v) is 16.1. The van der Waals surface area contributed by atoms with E-state index in [0.29, 0.717) is 5.01 Å². The Kier molecular flexibility index (Phi) is 5.75. The molecule has 1 atom stereocenters. The van der Waals surface area contributed by atoms with Crippen LogP contribution in [0.25, 0.3) is 0 Å². The molecule has 12 heteroatoms. The Balaban J connectivity index is 2.09. The van der Waals surface area contributed by atoms with Crippen molar-refractivity contribution in [2.24, 2.45) is 5.10 Å². The van der Waals surface area contributed by atoms with Gasteiger partial charge in [-0.3, -0.25) is 25.0 Å². The van der Waals surface area contributed by atoms with Gasteiger partial charge in [-0.05, 0) is 13.0 Å². The van der Waals surface area contributed by atoms with Crippen LogP contribution in [-0.2, 0) is 15.3 Å². The molecule has 160 valence electrons. The molecule has 1 heterocycles. The number of esters is 1. The lowest BCUT2D eigenvalue weighted by molar-refractivity contribution is -0.385. The number of benzene rings is 2. The summed E-state index contributed by atoms with van der Waals surface area (Å²) in [6.07, 6.45) is -0.492. The number of amides is 1. The number of ether oxygens (including phenoxy) is 1. The standard InChI is InChI=1S/C19H16N4O8/c1-2-31-18(25)16-11-19(26,13-6-4-8-15(10-13)23(29)30)21(20-16)17(24)12-5-3-7-14(9-12)22(27)28/h3-10,26H,2,11H2,1H3. The Hall–Kier alpha value is -4.19. The quantitative estimate of drug-likeness (QED) is 0.415. The van der Waals surface area contributed by atoms with Crippen LogP contribution in [0.15, 0.2) is 53.6 Å². The second-order valence-corrected chi connectivity index (χ2v) is 6.49. The third-order valence-electron chi connectivity index (χ3n) is 4.51. The molecule has 1 aliphatic heterocycles. The van der Waals surface area contributed by atoms with Crippen molar-refractivity contribution in [2.45, 2.75) is 19.1 Å². The van der Waals surface area contributed by atoms with E-state index in [-0.39, 0.29) is 34.8 Å². The molecule has 0 saturated carbocycles. The van der Waals surface area contributed by atoms with Crippen molar-refractivity contribution in [2.75, 3.05) is 6.61 Å². The summed E-state index contributed by atoms with van der Waals surface area (Å²) < 4.78 is 4.88. The van der Waals surface area contributed by atoms with Crippen LogP contribution in [0.4, 0.5) is 11.4 Å². The van der Waals surface area contributed by atoms with Gasteiger partial charge in [0.15, 0.2) is 11.4 Å². The fourth-order valence-electron chi connectivity index (χ4n) is 3.06. The molecule has 0 spiro atoms. The minimum atomic E-state index is -2.25. The van der Waals surface area contributed by atoms with Crippen LogP contribution in [-0.4, -0.2) is 44.2 Å². The molecule has 0 fully saturated rings. The Morgan fingerprint density at radius 2 is 1.74 bits per heavy atom. The maximum Gasteiger partial charge on any atom is 0.354 e. The molecular weight excluding hydrogens is 412 g/mol. The molecule has 1 unspecified atom stereocenters. The zero-order chi connectivity index (χ0) is 22.8. The fraction of sp³-hybridized carbons (Fsp3) is 0.211. The number of aliphatic hydroxyl groups is 1. The summed E-state index contributed by atoms with van der Waals surface area (Å²) in [5, 5.41) is 38.0. The monoisotopic (exact) mass is 428 g/mol. The summed E-state index contributed by atoms with van der Waals surface area (Å²) in [4.78, 5) is 46.1. The number of nitro benzene ring substituents is 2. The summed E-state index contributed by atoms with van der Waals surface area (Å²) in [5.74, 6) is -1.82. The van der Waals surface area contributed by atoms with Gasteiger partial charge in [0.25, 0.3) is 17.3 Å². The summed E-state index contributed by atoms with van der Waals surface area (Å²) >= 11 is 0. The molecular formula is C19H16N4O8. The van der Waals surface area contributed by atoms with Crippen LogP contribution in [0, 0.1) is 20.2 Å². The van der Waals surface area contributed by atoms with Crippen LogP contribution < -0.4 is 0 Å². The largest absolute Gasteiger partial charge is 0.461 e. The minimum Gasteiger partial charge on any atom is -0.461 e. The SMILES string of the molecule is CCOC(=O)C1=NN(C(=O)c2cccc([N+](=O)[O-])c2)C(O)(c2cccc([N+](=O)[O-])c2)C1. The van der Waals surface area contributed by atoms with Gasteiger partial charge in [0.2, 0.25) is 0 Å². The molecule has 31 heavy (non-hydrogen) atoms. The van der Waals surface area contributed by atoms with Crippen molar-refractivity contribution in [1.29, 1.82) is 0 Å². The summed E-state index contributed by atoms with van der Waals surface area (Å²) in [6.45, 7) is 1.58. The predicted molar refractivity (Wildman–Crippen MR) is 105 cm³/mol. The Morgan fingerprint density at radius 3 is 2.35 bits per heavy atom. The number of carbonyl (C=O) groups is 2. The maximum atomic E-state index is 13.1. The van der Waals surface area contributed by atoms with E-state index in [1.54, 1.807) is 6.92 Å². The summed E-state index contributed by atoms with van der Waals surface area (Å²) in [7, 11) is 0. The van der Waals surface area contributed by atoms with Crippen molar-refractivity contribution >= 4 is 29.0 Å². The molecule has 0 bridgehead atoms. The van der Waals surface area contributed by atoms with Crippen LogP contribution in [0.5, 0.6) is 0 Å². The van der Waals surface area contributed by atoms with E-state index in [4.69, 9.17) is 4.74 Å². The first-order valence-electron chi connectivity index (χ1n) is 8.98. The van der Waals surface area contributed by atoms with E-state index >= 15 is 0 Å². The van der Waals surface area contributed by atoms with Gasteiger partial charge in [0.1, 0.15) is 0 Å². The van der Waals surface area contributed by atoms with Crippen LogP contribution in [0.3, 0.4) is 0 Å². The lowest BCUT2D eigenvalue weighted by atomic mass is 9.96. The number of nitro groups is 2. The molecule has 12 nitrogen and oxygen atoms in total. The molecule has 1 amide bonds. The second kappa shape index (κ2) is 8.28. The van der Waals surface area contributed by atoms with Gasteiger partial charge in [-0.25, -0.2) is 4.79 Å². The van der Waals surface area contributed by atoms with E-state index in [1.807, 2.05) is 0 Å². The van der Waals surface area contributed by atoms with Gasteiger partial charge >= 0.3 is 5.97 Å². The van der Waals surface area contributed by atoms with Crippen LogP contribution in [0.1, 0.15) is 29.3 Å². The topological polar surface area (TPSA) is 165 Å². The molecule has 1 N–H and O–H groups in total. The highest BCUT2D eigenvalue weighted by molar-refractivity contribution is 6.37. The highest BCUT2D eigenvalue weighted by atomic mass is 16.6. The highest BCUT2D eigenvalue weighted by Gasteiger charge is 2.48. The number of nitrogens with zero attached hydrogens (tertiary/aromatic N) is 4. The number of non-ortho nitro benzene ring substituents is 2. The van der Waals surface area contributed by atoms with Crippen LogP contribution in [0.2, 0.25) is 0 Å². The molecule has 0 aromatic heterocycles. The van der Waals surface area contributed by atoms with E-state index in [9.17, 15) is 34.9 Å². The normalized spacial score (nSPS) is 17.7. The molecule has 2 aromatic carbocycles. The third kappa shape index (κ3) is 4.09. The molecule has 0 saturated heterocycles. The van der Waals surface area contributed by atoms with Crippen molar-refractivity contribution < 1.29 is 29.3 Å². The summed E-state index contributed by atoms with van der Waals surface area (Å²) in [6, 6.07) is 9.63. The third-order valence-corrected chi connectivity index (χ3v) is 4.51. The van der Waals surface area contributed by atoms with Gasteiger partial charge < -0.3 is 9.84 Å². The first-order valence-corrected chi connectivity index (χ1v) is 8.98. The van der Waals surface area contributed by atoms with Gasteiger partial charge in [-0.15, -0.1) is 0 Å². The lowest BCUT2D eigenvalue weighted by Gasteiger charge is -2.31. The number of hydrogen-bond donors (Lipinski definition) is 1. The van der Waals surface area contributed by atoms with E-state index in [2.05, 4.69) is 5.10 Å². The molecule has 0 aliphatic carbocycles. The lowest BCUT2D eigenvalue weighted by Crippen LogP contribution is -2.43. The highest BCUT2D eigenvalue weighted by Crippen LogP contribution is 2.38. The number of hydrazone groups is 1.